The third kappa shape index (κ3) is 3.72. The lowest BCUT2D eigenvalue weighted by Gasteiger charge is -2.31. The van der Waals surface area contributed by atoms with Crippen LogP contribution in [0, 0.1) is 5.92 Å². The second-order valence-electron chi connectivity index (χ2n) is 4.81. The van der Waals surface area contributed by atoms with Gasteiger partial charge in [-0.15, -0.1) is 0 Å². The Hall–Kier alpha value is -1.56. The number of benzene rings is 1. The number of hydrogen-bond acceptors (Lipinski definition) is 2. The quantitative estimate of drug-likeness (QED) is 0.869. The molecule has 1 fully saturated rings. The van der Waals surface area contributed by atoms with Crippen LogP contribution in [0.2, 0.25) is 0 Å². The summed E-state index contributed by atoms with van der Waals surface area (Å²) >= 11 is 3.35. The molecular weight excluding hydrogens is 322 g/mol. The summed E-state index contributed by atoms with van der Waals surface area (Å²) in [4.78, 5) is 25.4. The highest BCUT2D eigenvalue weighted by atomic mass is 79.9. The largest absolute Gasteiger partial charge is 0.359 e. The molecule has 0 bridgehead atoms. The first-order valence-electron chi connectivity index (χ1n) is 6.63. The van der Waals surface area contributed by atoms with Gasteiger partial charge < -0.3 is 15.5 Å². The molecule has 0 aliphatic carbocycles. The van der Waals surface area contributed by atoms with Crippen LogP contribution in [0.5, 0.6) is 0 Å². The maximum absolute atomic E-state index is 12.1. The highest BCUT2D eigenvalue weighted by Crippen LogP contribution is 2.19. The molecule has 0 atom stereocenters. The Balaban J connectivity index is 1.85. The van der Waals surface area contributed by atoms with Crippen LogP contribution < -0.4 is 10.6 Å². The van der Waals surface area contributed by atoms with E-state index in [1.54, 1.807) is 11.9 Å². The molecule has 0 saturated carbocycles. The summed E-state index contributed by atoms with van der Waals surface area (Å²) in [6.45, 7) is 1.22. The predicted molar refractivity (Wildman–Crippen MR) is 81.5 cm³/mol. The third-order valence-electron chi connectivity index (χ3n) is 3.49. The minimum Gasteiger partial charge on any atom is -0.359 e. The molecule has 2 rings (SSSR count). The number of carbonyl (C=O) groups is 2. The summed E-state index contributed by atoms with van der Waals surface area (Å²) in [5.41, 5.74) is 0.770. The number of hydrogen-bond donors (Lipinski definition) is 2. The summed E-state index contributed by atoms with van der Waals surface area (Å²) in [7, 11) is 1.65. The first-order valence-corrected chi connectivity index (χ1v) is 7.42. The van der Waals surface area contributed by atoms with Crippen LogP contribution in [-0.4, -0.2) is 37.0 Å². The maximum Gasteiger partial charge on any atom is 0.321 e. The van der Waals surface area contributed by atoms with Gasteiger partial charge >= 0.3 is 6.03 Å². The normalized spacial score (nSPS) is 15.8. The van der Waals surface area contributed by atoms with Crippen LogP contribution in [0.4, 0.5) is 10.5 Å². The van der Waals surface area contributed by atoms with Crippen LogP contribution in [-0.2, 0) is 4.79 Å². The molecule has 1 aliphatic rings. The minimum atomic E-state index is -0.109. The zero-order chi connectivity index (χ0) is 14.5. The Labute approximate surface area is 126 Å². The molecule has 0 unspecified atom stereocenters. The van der Waals surface area contributed by atoms with E-state index in [0.717, 1.165) is 10.2 Å². The van der Waals surface area contributed by atoms with Crippen LogP contribution in [0.15, 0.2) is 28.7 Å². The number of urea groups is 1. The van der Waals surface area contributed by atoms with Crippen molar-refractivity contribution in [2.75, 3.05) is 25.5 Å². The van der Waals surface area contributed by atoms with Gasteiger partial charge in [-0.3, -0.25) is 4.79 Å². The molecule has 1 saturated heterocycles. The summed E-state index contributed by atoms with van der Waals surface area (Å²) < 4.78 is 0.974. The van der Waals surface area contributed by atoms with Gasteiger partial charge in [0, 0.05) is 36.2 Å². The molecule has 0 aromatic heterocycles. The first kappa shape index (κ1) is 14.8. The van der Waals surface area contributed by atoms with Gasteiger partial charge in [0.25, 0.3) is 0 Å². The predicted octanol–water partition coefficient (Wildman–Crippen LogP) is 2.44. The van der Waals surface area contributed by atoms with Gasteiger partial charge in [0.2, 0.25) is 5.91 Å². The number of carbonyl (C=O) groups excluding carboxylic acids is 2. The summed E-state index contributed by atoms with van der Waals surface area (Å²) in [6, 6.07) is 7.35. The molecule has 6 heteroatoms. The number of amides is 3. The Morgan fingerprint density at radius 3 is 2.35 bits per heavy atom. The Bertz CT molecular complexity index is 482. The molecule has 108 valence electrons. The fourth-order valence-corrected chi connectivity index (χ4v) is 2.55. The molecule has 3 amide bonds. The highest BCUT2D eigenvalue weighted by Gasteiger charge is 2.26. The van der Waals surface area contributed by atoms with Gasteiger partial charge in [-0.1, -0.05) is 15.9 Å². The summed E-state index contributed by atoms with van der Waals surface area (Å²) in [5, 5.41) is 5.52. The van der Waals surface area contributed by atoms with Gasteiger partial charge in [-0.05, 0) is 37.1 Å². The Kier molecular flexibility index (Phi) is 5.00. The van der Waals surface area contributed by atoms with Gasteiger partial charge in [0.1, 0.15) is 0 Å². The van der Waals surface area contributed by atoms with Crippen LogP contribution in [0.3, 0.4) is 0 Å². The van der Waals surface area contributed by atoms with E-state index in [0.29, 0.717) is 25.9 Å². The lowest BCUT2D eigenvalue weighted by molar-refractivity contribution is -0.125. The van der Waals surface area contributed by atoms with Crippen LogP contribution in [0.1, 0.15) is 12.8 Å². The zero-order valence-corrected chi connectivity index (χ0v) is 12.9. The Morgan fingerprint density at radius 1 is 1.20 bits per heavy atom. The highest BCUT2D eigenvalue weighted by molar-refractivity contribution is 9.10. The SMILES string of the molecule is CNC(=O)C1CCN(C(=O)Nc2ccc(Br)cc2)CC1. The molecule has 0 radical (unpaired) electrons. The van der Waals surface area contributed by atoms with Gasteiger partial charge in [0.05, 0.1) is 0 Å². The lowest BCUT2D eigenvalue weighted by Crippen LogP contribution is -2.44. The average molecular weight is 340 g/mol. The standard InChI is InChI=1S/C14H18BrN3O2/c1-16-13(19)10-6-8-18(9-7-10)14(20)17-12-4-2-11(15)3-5-12/h2-5,10H,6-9H2,1H3,(H,16,19)(H,17,20). The van der Waals surface area contributed by atoms with Crippen molar-refractivity contribution in [3.8, 4) is 0 Å². The van der Waals surface area contributed by atoms with Gasteiger partial charge in [-0.25, -0.2) is 4.79 Å². The number of halogens is 1. The van der Waals surface area contributed by atoms with E-state index in [9.17, 15) is 9.59 Å². The second kappa shape index (κ2) is 6.74. The molecular formula is C14H18BrN3O2. The Morgan fingerprint density at radius 2 is 1.80 bits per heavy atom. The van der Waals surface area contributed by atoms with Crippen LogP contribution in [0.25, 0.3) is 0 Å². The summed E-state index contributed by atoms with van der Waals surface area (Å²) in [6.07, 6.45) is 1.43. The number of nitrogens with one attached hydrogen (secondary N) is 2. The van der Waals surface area contributed by atoms with Crippen molar-refractivity contribution in [2.24, 2.45) is 5.92 Å². The molecule has 1 aromatic rings. The van der Waals surface area contributed by atoms with E-state index in [2.05, 4.69) is 26.6 Å². The lowest BCUT2D eigenvalue weighted by atomic mass is 9.96. The van der Waals surface area contributed by atoms with Gasteiger partial charge in [-0.2, -0.15) is 0 Å². The fraction of sp³-hybridized carbons (Fsp3) is 0.429. The number of nitrogens with zero attached hydrogens (tertiary/aromatic N) is 1. The van der Waals surface area contributed by atoms with E-state index in [-0.39, 0.29) is 17.9 Å². The maximum atomic E-state index is 12.1. The van der Waals surface area contributed by atoms with Crippen molar-refractivity contribution in [3.05, 3.63) is 28.7 Å². The molecule has 20 heavy (non-hydrogen) atoms. The monoisotopic (exact) mass is 339 g/mol. The van der Waals surface area contributed by atoms with Crippen molar-refractivity contribution in [2.45, 2.75) is 12.8 Å². The molecule has 1 heterocycles. The zero-order valence-electron chi connectivity index (χ0n) is 11.4. The van der Waals surface area contributed by atoms with E-state index < -0.39 is 0 Å². The molecule has 5 nitrogen and oxygen atoms in total. The average Bonchev–Trinajstić information content (AvgIpc) is 2.49. The van der Waals surface area contributed by atoms with Crippen molar-refractivity contribution >= 4 is 33.6 Å². The number of piperidine rings is 1. The summed E-state index contributed by atoms with van der Waals surface area (Å²) in [5.74, 6) is 0.0923. The number of anilines is 1. The van der Waals surface area contributed by atoms with Crippen molar-refractivity contribution < 1.29 is 9.59 Å². The molecule has 2 N–H and O–H groups in total. The third-order valence-corrected chi connectivity index (χ3v) is 4.02. The first-order chi connectivity index (χ1) is 9.60. The minimum absolute atomic E-state index is 0.0248. The van der Waals surface area contributed by atoms with Crippen molar-refractivity contribution in [1.82, 2.24) is 10.2 Å². The van der Waals surface area contributed by atoms with E-state index in [1.165, 1.54) is 0 Å². The molecule has 1 aromatic carbocycles. The molecule has 0 spiro atoms. The molecule has 1 aliphatic heterocycles. The topological polar surface area (TPSA) is 61.4 Å². The number of rotatable bonds is 2. The fourth-order valence-electron chi connectivity index (χ4n) is 2.28. The van der Waals surface area contributed by atoms with Gasteiger partial charge in [0.15, 0.2) is 0 Å². The van der Waals surface area contributed by atoms with E-state index in [4.69, 9.17) is 0 Å². The van der Waals surface area contributed by atoms with E-state index >= 15 is 0 Å². The van der Waals surface area contributed by atoms with Crippen molar-refractivity contribution in [3.63, 3.8) is 0 Å². The second-order valence-corrected chi connectivity index (χ2v) is 5.73. The van der Waals surface area contributed by atoms with Crippen molar-refractivity contribution in [1.29, 1.82) is 0 Å². The number of likely N-dealkylation sites (tertiary alicyclic amines) is 1. The van der Waals surface area contributed by atoms with Crippen LogP contribution >= 0.6 is 15.9 Å². The smallest absolute Gasteiger partial charge is 0.321 e. The van der Waals surface area contributed by atoms with E-state index in [1.807, 2.05) is 24.3 Å².